The summed E-state index contributed by atoms with van der Waals surface area (Å²) >= 11 is 0. The van der Waals surface area contributed by atoms with Gasteiger partial charge in [0.1, 0.15) is 12.1 Å². The maximum Gasteiger partial charge on any atom is 0.162 e. The van der Waals surface area contributed by atoms with E-state index in [-0.39, 0.29) is 0 Å². The van der Waals surface area contributed by atoms with Crippen molar-refractivity contribution in [2.24, 2.45) is 0 Å². The molecule has 11 aromatic rings. The molecular formula is C52H34N6. The highest BCUT2D eigenvalue weighted by Gasteiger charge is 2.28. The number of aromatic nitrogens is 4. The standard InChI is InChI=1S/C52H34N6/c1-31-16-21-46-40(24-31)37-10-4-7-13-43(37)56(46)49-30-55-52(58-45-15-9-6-12-39(45)42-26-33(3)18-23-48(42)58)51(50(49)34-19-20-35(28-53)36(27-34)29-54)57-44-14-8-5-11-38(44)41-25-32(2)17-22-47(41)57/h4-27,30H,1-3H3. The predicted octanol–water partition coefficient (Wildman–Crippen LogP) is 12.7. The molecule has 4 aromatic heterocycles. The molecule has 6 heteroatoms. The summed E-state index contributed by atoms with van der Waals surface area (Å²) in [5.74, 6) is 0.747. The van der Waals surface area contributed by atoms with Gasteiger partial charge in [0, 0.05) is 37.9 Å². The topological polar surface area (TPSA) is 75.3 Å². The summed E-state index contributed by atoms with van der Waals surface area (Å²) in [6.45, 7) is 6.39. The first-order valence-electron chi connectivity index (χ1n) is 19.4. The van der Waals surface area contributed by atoms with Gasteiger partial charge in [0.2, 0.25) is 0 Å². The van der Waals surface area contributed by atoms with E-state index in [1.165, 1.54) is 16.7 Å². The molecule has 0 aliphatic heterocycles. The normalized spacial score (nSPS) is 11.7. The Morgan fingerprint density at radius 3 is 1.41 bits per heavy atom. The number of nitrogens with zero attached hydrogens (tertiary/aromatic N) is 6. The van der Waals surface area contributed by atoms with E-state index in [1.807, 2.05) is 18.3 Å². The van der Waals surface area contributed by atoms with Crippen LogP contribution in [0.3, 0.4) is 0 Å². The van der Waals surface area contributed by atoms with Crippen molar-refractivity contribution in [3.63, 3.8) is 0 Å². The van der Waals surface area contributed by atoms with Gasteiger partial charge in [0.15, 0.2) is 5.82 Å². The summed E-state index contributed by atoms with van der Waals surface area (Å²) in [5, 5.41) is 27.4. The Kier molecular flexibility index (Phi) is 7.23. The lowest BCUT2D eigenvalue weighted by molar-refractivity contribution is 1.01. The van der Waals surface area contributed by atoms with Crippen LogP contribution in [0.2, 0.25) is 0 Å². The number of pyridine rings is 1. The summed E-state index contributed by atoms with van der Waals surface area (Å²) in [5.41, 5.74) is 13.8. The molecule has 0 saturated carbocycles. The molecule has 0 aliphatic carbocycles. The van der Waals surface area contributed by atoms with E-state index in [0.29, 0.717) is 11.1 Å². The third-order valence-electron chi connectivity index (χ3n) is 11.7. The molecule has 0 saturated heterocycles. The van der Waals surface area contributed by atoms with Gasteiger partial charge in [-0.1, -0.05) is 95.6 Å². The second-order valence-corrected chi connectivity index (χ2v) is 15.3. The molecule has 11 rings (SSSR count). The van der Waals surface area contributed by atoms with Crippen LogP contribution < -0.4 is 0 Å². The average Bonchev–Trinajstić information content (AvgIpc) is 3.87. The highest BCUT2D eigenvalue weighted by molar-refractivity contribution is 6.14. The molecule has 272 valence electrons. The summed E-state index contributed by atoms with van der Waals surface area (Å²) in [7, 11) is 0. The molecule has 0 unspecified atom stereocenters. The van der Waals surface area contributed by atoms with E-state index in [0.717, 1.165) is 93.7 Å². The largest absolute Gasteiger partial charge is 0.307 e. The highest BCUT2D eigenvalue weighted by atomic mass is 15.1. The molecule has 0 aliphatic rings. The molecule has 0 radical (unpaired) electrons. The Labute approximate surface area is 334 Å². The van der Waals surface area contributed by atoms with E-state index in [9.17, 15) is 10.5 Å². The Balaban J connectivity index is 1.42. The van der Waals surface area contributed by atoms with E-state index in [1.54, 1.807) is 6.07 Å². The van der Waals surface area contributed by atoms with Crippen molar-refractivity contribution in [3.8, 4) is 40.5 Å². The van der Waals surface area contributed by atoms with E-state index in [4.69, 9.17) is 4.98 Å². The third kappa shape index (κ3) is 4.73. The average molecular weight is 743 g/mol. The molecule has 6 nitrogen and oxygen atoms in total. The van der Waals surface area contributed by atoms with Crippen LogP contribution in [0.5, 0.6) is 0 Å². The van der Waals surface area contributed by atoms with Crippen molar-refractivity contribution in [1.29, 1.82) is 10.5 Å². The van der Waals surface area contributed by atoms with Crippen molar-refractivity contribution >= 4 is 65.4 Å². The fourth-order valence-electron chi connectivity index (χ4n) is 9.19. The molecule has 0 amide bonds. The molecule has 4 heterocycles. The van der Waals surface area contributed by atoms with Crippen molar-refractivity contribution < 1.29 is 0 Å². The van der Waals surface area contributed by atoms with Gasteiger partial charge in [-0.05, 0) is 93.1 Å². The lowest BCUT2D eigenvalue weighted by Crippen LogP contribution is -2.11. The summed E-state index contributed by atoms with van der Waals surface area (Å²) in [6.07, 6.45) is 2.00. The third-order valence-corrected chi connectivity index (χ3v) is 11.7. The number of hydrogen-bond acceptors (Lipinski definition) is 3. The first kappa shape index (κ1) is 33.4. The number of aryl methyl sites for hydroxylation is 3. The zero-order chi connectivity index (χ0) is 39.2. The highest BCUT2D eigenvalue weighted by Crippen LogP contribution is 2.46. The molecule has 0 N–H and O–H groups in total. The van der Waals surface area contributed by atoms with Crippen LogP contribution in [0, 0.1) is 43.4 Å². The van der Waals surface area contributed by atoms with Crippen molar-refractivity contribution in [3.05, 3.63) is 180 Å². The summed E-state index contributed by atoms with van der Waals surface area (Å²) in [6, 6.07) is 55.7. The number of hydrogen-bond donors (Lipinski definition) is 0. The van der Waals surface area contributed by atoms with Crippen LogP contribution in [-0.2, 0) is 0 Å². The van der Waals surface area contributed by atoms with Gasteiger partial charge in [-0.25, -0.2) is 4.98 Å². The van der Waals surface area contributed by atoms with Crippen LogP contribution >= 0.6 is 0 Å². The first-order chi connectivity index (χ1) is 28.4. The van der Waals surface area contributed by atoms with E-state index < -0.39 is 0 Å². The van der Waals surface area contributed by atoms with Crippen LogP contribution in [-0.4, -0.2) is 18.7 Å². The van der Waals surface area contributed by atoms with E-state index in [2.05, 4.69) is 174 Å². The molecule has 0 fully saturated rings. The maximum absolute atomic E-state index is 10.5. The Morgan fingerprint density at radius 2 is 0.879 bits per heavy atom. The molecule has 0 spiro atoms. The van der Waals surface area contributed by atoms with Gasteiger partial charge in [-0.2, -0.15) is 10.5 Å². The zero-order valence-corrected chi connectivity index (χ0v) is 32.1. The molecule has 58 heavy (non-hydrogen) atoms. The SMILES string of the molecule is Cc1ccc2c(c1)c1ccccc1n2-c1cnc(-n2c3ccccc3c3cc(C)ccc32)c(-n2c3ccccc3c3cc(C)ccc32)c1-c1ccc(C#N)c(C#N)c1. The van der Waals surface area contributed by atoms with Crippen molar-refractivity contribution in [2.45, 2.75) is 20.8 Å². The number of fused-ring (bicyclic) bond motifs is 9. The summed E-state index contributed by atoms with van der Waals surface area (Å²) < 4.78 is 6.98. The van der Waals surface area contributed by atoms with Crippen LogP contribution in [0.4, 0.5) is 0 Å². The predicted molar refractivity (Wildman–Crippen MR) is 236 cm³/mol. The van der Waals surface area contributed by atoms with Gasteiger partial charge >= 0.3 is 0 Å². The maximum atomic E-state index is 10.5. The van der Waals surface area contributed by atoms with Gasteiger partial charge in [0.05, 0.1) is 61.8 Å². The minimum Gasteiger partial charge on any atom is -0.307 e. The van der Waals surface area contributed by atoms with Crippen molar-refractivity contribution in [2.75, 3.05) is 0 Å². The van der Waals surface area contributed by atoms with Gasteiger partial charge in [0.25, 0.3) is 0 Å². The lowest BCUT2D eigenvalue weighted by atomic mass is 9.97. The fraction of sp³-hybridized carbons (Fsp3) is 0.0577. The Hall–Kier alpha value is -7.93. The minimum atomic E-state index is 0.318. The molecular weight excluding hydrogens is 709 g/mol. The zero-order valence-electron chi connectivity index (χ0n) is 32.1. The monoisotopic (exact) mass is 742 g/mol. The second kappa shape index (κ2) is 12.5. The lowest BCUT2D eigenvalue weighted by Gasteiger charge is -2.23. The second-order valence-electron chi connectivity index (χ2n) is 15.3. The van der Waals surface area contributed by atoms with Gasteiger partial charge in [-0.3, -0.25) is 4.57 Å². The Bertz CT molecular complexity index is 3640. The van der Waals surface area contributed by atoms with Gasteiger partial charge in [-0.15, -0.1) is 0 Å². The molecule has 0 bridgehead atoms. The number of para-hydroxylation sites is 3. The molecule has 7 aromatic carbocycles. The number of nitriles is 2. The van der Waals surface area contributed by atoms with E-state index >= 15 is 0 Å². The minimum absolute atomic E-state index is 0.318. The Morgan fingerprint density at radius 1 is 0.431 bits per heavy atom. The van der Waals surface area contributed by atoms with Crippen molar-refractivity contribution in [1.82, 2.24) is 18.7 Å². The summed E-state index contributed by atoms with van der Waals surface area (Å²) in [4.78, 5) is 5.58. The smallest absolute Gasteiger partial charge is 0.162 e. The van der Waals surface area contributed by atoms with Crippen LogP contribution in [0.1, 0.15) is 27.8 Å². The van der Waals surface area contributed by atoms with Gasteiger partial charge < -0.3 is 9.13 Å². The number of benzene rings is 7. The fourth-order valence-corrected chi connectivity index (χ4v) is 9.19. The molecule has 0 atom stereocenters. The number of rotatable bonds is 4. The van der Waals surface area contributed by atoms with Crippen LogP contribution in [0.25, 0.3) is 93.7 Å². The first-order valence-corrected chi connectivity index (χ1v) is 19.4. The van der Waals surface area contributed by atoms with Crippen LogP contribution in [0.15, 0.2) is 152 Å². The quantitative estimate of drug-likeness (QED) is 0.180.